The molecular formula is C14H15BrClN. The Morgan fingerprint density at radius 2 is 2.12 bits per heavy atom. The lowest BCUT2D eigenvalue weighted by molar-refractivity contribution is 0.788. The van der Waals surface area contributed by atoms with Gasteiger partial charge in [-0.3, -0.25) is 4.98 Å². The molecule has 2 rings (SSSR count). The van der Waals surface area contributed by atoms with Crippen LogP contribution < -0.4 is 0 Å². The van der Waals surface area contributed by atoms with Gasteiger partial charge in [0.15, 0.2) is 0 Å². The fraction of sp³-hybridized carbons (Fsp3) is 0.357. The molecule has 0 fully saturated rings. The first kappa shape index (κ1) is 12.8. The number of hydrogen-bond acceptors (Lipinski definition) is 1. The Hall–Kier alpha value is -0.600. The smallest absolute Gasteiger partial charge is 0.0721 e. The number of fused-ring (bicyclic) bond motifs is 1. The van der Waals surface area contributed by atoms with Crippen molar-refractivity contribution >= 4 is 38.4 Å². The maximum atomic E-state index is 6.49. The molecule has 90 valence electrons. The molecule has 1 nitrogen and oxygen atoms in total. The molecular weight excluding hydrogens is 298 g/mol. The minimum atomic E-state index is 0.863. The van der Waals surface area contributed by atoms with Gasteiger partial charge < -0.3 is 0 Å². The number of pyridine rings is 1. The van der Waals surface area contributed by atoms with Gasteiger partial charge in [0.25, 0.3) is 0 Å². The van der Waals surface area contributed by atoms with Crippen LogP contribution in [0, 0.1) is 6.92 Å². The van der Waals surface area contributed by atoms with Crippen LogP contribution in [0.2, 0.25) is 5.02 Å². The second-order valence-corrected chi connectivity index (χ2v) is 5.55. The Bertz CT molecular complexity index is 551. The summed E-state index contributed by atoms with van der Waals surface area (Å²) in [5.41, 5.74) is 3.22. The maximum absolute atomic E-state index is 6.49. The van der Waals surface area contributed by atoms with Crippen molar-refractivity contribution in [3.8, 4) is 0 Å². The Labute approximate surface area is 115 Å². The van der Waals surface area contributed by atoms with Crippen LogP contribution in [0.4, 0.5) is 0 Å². The van der Waals surface area contributed by atoms with E-state index < -0.39 is 0 Å². The van der Waals surface area contributed by atoms with Crippen LogP contribution in [-0.4, -0.2) is 4.98 Å². The molecule has 0 saturated heterocycles. The van der Waals surface area contributed by atoms with Crippen LogP contribution in [0.3, 0.4) is 0 Å². The van der Waals surface area contributed by atoms with Crippen LogP contribution in [0.1, 0.15) is 31.0 Å². The van der Waals surface area contributed by atoms with Crippen molar-refractivity contribution in [1.29, 1.82) is 0 Å². The van der Waals surface area contributed by atoms with Crippen LogP contribution in [0.5, 0.6) is 0 Å². The summed E-state index contributed by atoms with van der Waals surface area (Å²) in [6, 6.07) is 6.04. The summed E-state index contributed by atoms with van der Waals surface area (Å²) in [5, 5.41) is 1.90. The first-order valence-electron chi connectivity index (χ1n) is 5.87. The lowest BCUT2D eigenvalue weighted by atomic mass is 10.0. The zero-order chi connectivity index (χ0) is 12.4. The Kier molecular flexibility index (Phi) is 4.05. The molecule has 1 heterocycles. The normalized spacial score (nSPS) is 11.1. The second-order valence-electron chi connectivity index (χ2n) is 4.25. The highest BCUT2D eigenvalue weighted by Crippen LogP contribution is 2.31. The highest BCUT2D eigenvalue weighted by Gasteiger charge is 2.10. The highest BCUT2D eigenvalue weighted by molar-refractivity contribution is 9.10. The minimum absolute atomic E-state index is 0.863. The van der Waals surface area contributed by atoms with E-state index in [9.17, 15) is 0 Å². The quantitative estimate of drug-likeness (QED) is 0.749. The van der Waals surface area contributed by atoms with Crippen molar-refractivity contribution in [2.45, 2.75) is 33.1 Å². The number of rotatable bonds is 3. The van der Waals surface area contributed by atoms with Gasteiger partial charge in [-0.05, 0) is 43.5 Å². The molecule has 0 saturated carbocycles. The number of nitrogens with zero attached hydrogens (tertiary/aromatic N) is 1. The van der Waals surface area contributed by atoms with Crippen molar-refractivity contribution in [3.05, 3.63) is 39.0 Å². The minimum Gasteiger partial charge on any atom is -0.253 e. The number of aryl methyl sites for hydroxylation is 1. The number of halogens is 2. The molecule has 1 aromatic heterocycles. The predicted molar refractivity (Wildman–Crippen MR) is 77.8 cm³/mol. The molecule has 0 unspecified atom stereocenters. The Morgan fingerprint density at radius 3 is 2.82 bits per heavy atom. The van der Waals surface area contributed by atoms with Gasteiger partial charge in [0.2, 0.25) is 0 Å². The second kappa shape index (κ2) is 5.36. The largest absolute Gasteiger partial charge is 0.253 e. The fourth-order valence-electron chi connectivity index (χ4n) is 2.00. The molecule has 0 aliphatic heterocycles. The van der Waals surface area contributed by atoms with Crippen molar-refractivity contribution in [2.75, 3.05) is 0 Å². The van der Waals surface area contributed by atoms with Crippen molar-refractivity contribution in [1.82, 2.24) is 4.98 Å². The molecule has 3 heteroatoms. The molecule has 2 aromatic rings. The third kappa shape index (κ3) is 2.63. The number of aromatic nitrogens is 1. The third-order valence-electron chi connectivity index (χ3n) is 2.97. The zero-order valence-electron chi connectivity index (χ0n) is 10.1. The summed E-state index contributed by atoms with van der Waals surface area (Å²) in [6.07, 6.45) is 3.34. The van der Waals surface area contributed by atoms with E-state index in [-0.39, 0.29) is 0 Å². The van der Waals surface area contributed by atoms with Gasteiger partial charge in [0.1, 0.15) is 0 Å². The molecule has 1 aromatic carbocycles. The average molecular weight is 313 g/mol. The van der Waals surface area contributed by atoms with E-state index in [4.69, 9.17) is 11.6 Å². The average Bonchev–Trinajstić information content (AvgIpc) is 2.30. The van der Waals surface area contributed by atoms with E-state index in [1.807, 2.05) is 25.1 Å². The molecule has 0 amide bonds. The number of hydrogen-bond donors (Lipinski definition) is 0. The number of benzene rings is 1. The zero-order valence-corrected chi connectivity index (χ0v) is 12.4. The summed E-state index contributed by atoms with van der Waals surface area (Å²) in [6.45, 7) is 4.23. The van der Waals surface area contributed by atoms with Crippen molar-refractivity contribution in [3.63, 3.8) is 0 Å². The van der Waals surface area contributed by atoms with Gasteiger partial charge in [-0.2, -0.15) is 0 Å². The van der Waals surface area contributed by atoms with E-state index in [0.29, 0.717) is 0 Å². The van der Waals surface area contributed by atoms with Gasteiger partial charge in [-0.25, -0.2) is 0 Å². The molecule has 0 radical (unpaired) electrons. The number of unbranched alkanes of at least 4 members (excludes halogenated alkanes) is 1. The fourth-order valence-corrected chi connectivity index (χ4v) is 2.74. The van der Waals surface area contributed by atoms with Crippen LogP contribution in [0.25, 0.3) is 10.9 Å². The molecule has 17 heavy (non-hydrogen) atoms. The molecule has 0 N–H and O–H groups in total. The summed E-state index contributed by atoms with van der Waals surface area (Å²) in [7, 11) is 0. The summed E-state index contributed by atoms with van der Waals surface area (Å²) in [5.74, 6) is 0. The predicted octanol–water partition coefficient (Wildman–Crippen LogP) is 5.30. The van der Waals surface area contributed by atoms with Gasteiger partial charge in [-0.1, -0.05) is 40.9 Å². The summed E-state index contributed by atoms with van der Waals surface area (Å²) < 4.78 is 1.04. The standard InChI is InChI=1S/C14H15BrClN/c1-3-4-5-11-9(2)17-13-7-6-10(15)8-12(13)14(11)16/h6-8H,3-5H2,1-2H3. The summed E-state index contributed by atoms with van der Waals surface area (Å²) in [4.78, 5) is 4.63. The van der Waals surface area contributed by atoms with Crippen LogP contribution in [0.15, 0.2) is 22.7 Å². The van der Waals surface area contributed by atoms with Crippen LogP contribution >= 0.6 is 27.5 Å². The SMILES string of the molecule is CCCCc1c(C)nc2ccc(Br)cc2c1Cl. The van der Waals surface area contributed by atoms with E-state index in [1.54, 1.807) is 0 Å². The molecule has 0 bridgehead atoms. The van der Waals surface area contributed by atoms with Crippen molar-refractivity contribution in [2.24, 2.45) is 0 Å². The van der Waals surface area contributed by atoms with E-state index >= 15 is 0 Å². The van der Waals surface area contributed by atoms with Crippen LogP contribution in [-0.2, 0) is 6.42 Å². The van der Waals surface area contributed by atoms with E-state index in [0.717, 1.165) is 38.9 Å². The van der Waals surface area contributed by atoms with Gasteiger partial charge in [0, 0.05) is 15.6 Å². The van der Waals surface area contributed by atoms with Gasteiger partial charge in [-0.15, -0.1) is 0 Å². The first-order valence-corrected chi connectivity index (χ1v) is 7.04. The molecule has 0 atom stereocenters. The van der Waals surface area contributed by atoms with E-state index in [2.05, 4.69) is 27.8 Å². The third-order valence-corrected chi connectivity index (χ3v) is 3.89. The molecule has 0 spiro atoms. The van der Waals surface area contributed by atoms with E-state index in [1.165, 1.54) is 12.0 Å². The van der Waals surface area contributed by atoms with Gasteiger partial charge in [0.05, 0.1) is 10.5 Å². The lowest BCUT2D eigenvalue weighted by Gasteiger charge is -2.10. The Balaban J connectivity index is 2.60. The monoisotopic (exact) mass is 311 g/mol. The summed E-state index contributed by atoms with van der Waals surface area (Å²) >= 11 is 9.97. The lowest BCUT2D eigenvalue weighted by Crippen LogP contribution is -1.96. The van der Waals surface area contributed by atoms with Gasteiger partial charge >= 0.3 is 0 Å². The molecule has 0 aliphatic rings. The molecule has 0 aliphatic carbocycles. The topological polar surface area (TPSA) is 12.9 Å². The maximum Gasteiger partial charge on any atom is 0.0721 e. The van der Waals surface area contributed by atoms with Crippen molar-refractivity contribution < 1.29 is 0 Å². The first-order chi connectivity index (χ1) is 8.13. The highest BCUT2D eigenvalue weighted by atomic mass is 79.9. The Morgan fingerprint density at radius 1 is 1.35 bits per heavy atom.